The lowest BCUT2D eigenvalue weighted by atomic mass is 9.80. The zero-order valence-electron chi connectivity index (χ0n) is 22.3. The van der Waals surface area contributed by atoms with E-state index in [-0.39, 0.29) is 23.3 Å². The molecular formula is C32H35Cl2N3O2. The third kappa shape index (κ3) is 6.01. The molecule has 3 aromatic rings. The summed E-state index contributed by atoms with van der Waals surface area (Å²) in [7, 11) is 0. The Balaban J connectivity index is 1.26. The van der Waals surface area contributed by atoms with Crippen LogP contribution in [-0.2, 0) is 27.0 Å². The maximum absolute atomic E-state index is 13.7. The smallest absolute Gasteiger partial charge is 0.231 e. The van der Waals surface area contributed by atoms with Crippen molar-refractivity contribution < 1.29 is 9.59 Å². The van der Waals surface area contributed by atoms with Crippen LogP contribution in [-0.4, -0.2) is 42.9 Å². The largest absolute Gasteiger partial charge is 0.355 e. The van der Waals surface area contributed by atoms with E-state index in [2.05, 4.69) is 27.7 Å². The third-order valence-corrected chi connectivity index (χ3v) is 9.06. The number of hydrogen-bond acceptors (Lipinski definition) is 3. The van der Waals surface area contributed by atoms with Crippen molar-refractivity contribution in [3.05, 3.63) is 106 Å². The fraction of sp³-hybridized carbons (Fsp3) is 0.375. The Morgan fingerprint density at radius 1 is 0.897 bits per heavy atom. The van der Waals surface area contributed by atoms with Crippen molar-refractivity contribution >= 4 is 35.0 Å². The van der Waals surface area contributed by atoms with Crippen molar-refractivity contribution in [2.75, 3.05) is 26.2 Å². The predicted molar refractivity (Wildman–Crippen MR) is 157 cm³/mol. The summed E-state index contributed by atoms with van der Waals surface area (Å²) in [6, 6.07) is 25.7. The van der Waals surface area contributed by atoms with Gasteiger partial charge in [-0.05, 0) is 66.5 Å². The van der Waals surface area contributed by atoms with E-state index in [1.807, 2.05) is 66.7 Å². The first-order valence-corrected chi connectivity index (χ1v) is 14.4. The quantitative estimate of drug-likeness (QED) is 0.349. The molecule has 2 N–H and O–H groups in total. The second-order valence-corrected chi connectivity index (χ2v) is 11.8. The van der Waals surface area contributed by atoms with Crippen LogP contribution in [0.3, 0.4) is 0 Å². The Morgan fingerprint density at radius 2 is 1.56 bits per heavy atom. The standard InChI is InChI=1S/C32H35Cl2N3O2/c1-23(38)36-31(25-8-3-2-4-9-25)16-19-37(20-17-31)22-27-21-32(27,26-11-13-28(33)14-12-26)30(39)35-18-15-24-7-5-6-10-29(24)34/h2-14,27H,15-22H2,1H3,(H,35,39)(H,36,38). The molecule has 204 valence electrons. The molecule has 0 spiro atoms. The van der Waals surface area contributed by atoms with Crippen LogP contribution < -0.4 is 10.6 Å². The van der Waals surface area contributed by atoms with Crippen molar-refractivity contribution in [3.63, 3.8) is 0 Å². The van der Waals surface area contributed by atoms with Crippen LogP contribution >= 0.6 is 23.2 Å². The van der Waals surface area contributed by atoms with Gasteiger partial charge >= 0.3 is 0 Å². The van der Waals surface area contributed by atoms with Crippen LogP contribution in [0.4, 0.5) is 0 Å². The first kappa shape index (κ1) is 27.7. The number of carbonyl (C=O) groups is 2. The number of hydrogen-bond donors (Lipinski definition) is 2. The highest BCUT2D eigenvalue weighted by atomic mass is 35.5. The van der Waals surface area contributed by atoms with Gasteiger partial charge in [0.25, 0.3) is 0 Å². The van der Waals surface area contributed by atoms with Gasteiger partial charge in [-0.3, -0.25) is 9.59 Å². The number of likely N-dealkylation sites (tertiary alicyclic amines) is 1. The molecule has 1 saturated carbocycles. The molecule has 0 bridgehead atoms. The van der Waals surface area contributed by atoms with Gasteiger partial charge in [-0.2, -0.15) is 0 Å². The minimum Gasteiger partial charge on any atom is -0.355 e. The number of carbonyl (C=O) groups excluding carboxylic acids is 2. The highest BCUT2D eigenvalue weighted by Gasteiger charge is 2.61. The van der Waals surface area contributed by atoms with Crippen molar-refractivity contribution in [3.8, 4) is 0 Å². The van der Waals surface area contributed by atoms with Crippen LogP contribution in [0.1, 0.15) is 42.9 Å². The predicted octanol–water partition coefficient (Wildman–Crippen LogP) is 5.74. The third-order valence-electron chi connectivity index (χ3n) is 8.44. The second kappa shape index (κ2) is 11.7. The van der Waals surface area contributed by atoms with Gasteiger partial charge in [0, 0.05) is 43.1 Å². The summed E-state index contributed by atoms with van der Waals surface area (Å²) in [6.45, 7) is 4.68. The SMILES string of the molecule is CC(=O)NC1(c2ccccc2)CCN(CC2CC2(C(=O)NCCc2ccccc2Cl)c2ccc(Cl)cc2)CC1. The highest BCUT2D eigenvalue weighted by molar-refractivity contribution is 6.31. The monoisotopic (exact) mass is 563 g/mol. The Kier molecular flexibility index (Phi) is 8.32. The van der Waals surface area contributed by atoms with Crippen LogP contribution in [0.2, 0.25) is 10.0 Å². The molecule has 39 heavy (non-hydrogen) atoms. The van der Waals surface area contributed by atoms with Gasteiger partial charge in [-0.25, -0.2) is 0 Å². The molecule has 2 fully saturated rings. The van der Waals surface area contributed by atoms with E-state index in [0.29, 0.717) is 18.0 Å². The molecule has 0 aromatic heterocycles. The van der Waals surface area contributed by atoms with Gasteiger partial charge in [-0.1, -0.05) is 83.9 Å². The summed E-state index contributed by atoms with van der Waals surface area (Å²) in [6.07, 6.45) is 3.16. The molecule has 2 atom stereocenters. The van der Waals surface area contributed by atoms with E-state index >= 15 is 0 Å². The van der Waals surface area contributed by atoms with Crippen molar-refractivity contribution in [1.82, 2.24) is 15.5 Å². The van der Waals surface area contributed by atoms with Gasteiger partial charge in [0.05, 0.1) is 11.0 Å². The number of amides is 2. The molecule has 2 aliphatic rings. The molecule has 7 heteroatoms. The topological polar surface area (TPSA) is 61.4 Å². The fourth-order valence-corrected chi connectivity index (χ4v) is 6.59. The van der Waals surface area contributed by atoms with Gasteiger partial charge in [0.15, 0.2) is 0 Å². The highest BCUT2D eigenvalue weighted by Crippen LogP contribution is 2.55. The van der Waals surface area contributed by atoms with E-state index in [1.165, 1.54) is 0 Å². The first-order chi connectivity index (χ1) is 18.8. The molecule has 0 radical (unpaired) electrons. The Labute approximate surface area is 240 Å². The molecule has 1 aliphatic heterocycles. The van der Waals surface area contributed by atoms with E-state index in [9.17, 15) is 9.59 Å². The molecule has 2 amide bonds. The molecule has 1 aliphatic carbocycles. The van der Waals surface area contributed by atoms with Gasteiger partial charge in [0.1, 0.15) is 0 Å². The van der Waals surface area contributed by atoms with Crippen LogP contribution in [0.25, 0.3) is 0 Å². The van der Waals surface area contributed by atoms with Gasteiger partial charge in [-0.15, -0.1) is 0 Å². The van der Waals surface area contributed by atoms with Gasteiger partial charge in [0.2, 0.25) is 11.8 Å². The lowest BCUT2D eigenvalue weighted by molar-refractivity contribution is -0.124. The molecule has 3 aromatic carbocycles. The van der Waals surface area contributed by atoms with E-state index in [4.69, 9.17) is 23.2 Å². The van der Waals surface area contributed by atoms with Crippen LogP contribution in [0.5, 0.6) is 0 Å². The summed E-state index contributed by atoms with van der Waals surface area (Å²) in [5.41, 5.74) is 2.29. The minimum absolute atomic E-state index is 0.00953. The zero-order valence-corrected chi connectivity index (χ0v) is 23.8. The van der Waals surface area contributed by atoms with E-state index < -0.39 is 5.41 Å². The van der Waals surface area contributed by atoms with Crippen LogP contribution in [0, 0.1) is 5.92 Å². The average Bonchev–Trinajstić information content (AvgIpc) is 3.66. The molecule has 1 heterocycles. The zero-order chi connectivity index (χ0) is 27.5. The molecule has 2 unspecified atom stereocenters. The Morgan fingerprint density at radius 3 is 2.23 bits per heavy atom. The minimum atomic E-state index is -0.559. The first-order valence-electron chi connectivity index (χ1n) is 13.7. The summed E-state index contributed by atoms with van der Waals surface area (Å²) in [5, 5.41) is 7.84. The van der Waals surface area contributed by atoms with Crippen molar-refractivity contribution in [1.29, 1.82) is 0 Å². The van der Waals surface area contributed by atoms with E-state index in [1.54, 1.807) is 6.92 Å². The fourth-order valence-electron chi connectivity index (χ4n) is 6.24. The maximum atomic E-state index is 13.7. The number of nitrogens with one attached hydrogen (secondary N) is 2. The normalized spacial score (nSPS) is 22.2. The van der Waals surface area contributed by atoms with E-state index in [0.717, 1.165) is 60.6 Å². The number of piperidine rings is 1. The Hall–Kier alpha value is -2.86. The molecule has 1 saturated heterocycles. The number of nitrogens with zero attached hydrogens (tertiary/aromatic N) is 1. The van der Waals surface area contributed by atoms with Crippen LogP contribution in [0.15, 0.2) is 78.9 Å². The number of benzene rings is 3. The lowest BCUT2D eigenvalue weighted by Gasteiger charge is -2.43. The maximum Gasteiger partial charge on any atom is 0.231 e. The van der Waals surface area contributed by atoms with Crippen molar-refractivity contribution in [2.45, 2.75) is 43.6 Å². The van der Waals surface area contributed by atoms with Gasteiger partial charge < -0.3 is 15.5 Å². The molecular weight excluding hydrogens is 529 g/mol. The molecule has 5 nitrogen and oxygen atoms in total. The molecule has 5 rings (SSSR count). The summed E-state index contributed by atoms with van der Waals surface area (Å²) in [5.74, 6) is 0.268. The summed E-state index contributed by atoms with van der Waals surface area (Å²) in [4.78, 5) is 28.3. The average molecular weight is 565 g/mol. The lowest BCUT2D eigenvalue weighted by Crippen LogP contribution is -2.53. The second-order valence-electron chi connectivity index (χ2n) is 10.9. The number of halogens is 2. The summed E-state index contributed by atoms with van der Waals surface area (Å²) >= 11 is 12.5. The Bertz CT molecular complexity index is 1310. The summed E-state index contributed by atoms with van der Waals surface area (Å²) < 4.78 is 0. The van der Waals surface area contributed by atoms with Crippen molar-refractivity contribution in [2.24, 2.45) is 5.92 Å². The number of rotatable bonds is 9.